The van der Waals surface area contributed by atoms with Crippen LogP contribution in [0.5, 0.6) is 5.75 Å². The number of ether oxygens (including phenoxy) is 1. The summed E-state index contributed by atoms with van der Waals surface area (Å²) in [4.78, 5) is 19.8. The van der Waals surface area contributed by atoms with Crippen molar-refractivity contribution in [1.29, 1.82) is 0 Å². The van der Waals surface area contributed by atoms with Gasteiger partial charge in [-0.05, 0) is 60.2 Å². The maximum Gasteiger partial charge on any atom is 0.345 e. The van der Waals surface area contributed by atoms with Crippen molar-refractivity contribution in [2.24, 2.45) is 0 Å². The van der Waals surface area contributed by atoms with Gasteiger partial charge >= 0.3 is 5.69 Å². The number of hydrogen-bond donors (Lipinski definition) is 1. The molecule has 2 heterocycles. The van der Waals surface area contributed by atoms with Crippen LogP contribution in [0.2, 0.25) is 0 Å². The van der Waals surface area contributed by atoms with Crippen LogP contribution in [-0.4, -0.2) is 19.7 Å². The predicted molar refractivity (Wildman–Crippen MR) is 157 cm³/mol. The molecule has 0 spiro atoms. The van der Waals surface area contributed by atoms with Crippen molar-refractivity contribution in [3.63, 3.8) is 0 Å². The topological polar surface area (TPSA) is 72.8 Å². The van der Waals surface area contributed by atoms with Crippen LogP contribution in [0.4, 0.5) is 0 Å². The summed E-state index contributed by atoms with van der Waals surface area (Å²) in [6.07, 6.45) is 1.93. The molecule has 0 aliphatic rings. The molecule has 0 amide bonds. The minimum atomic E-state index is -0.423. The van der Waals surface area contributed by atoms with E-state index in [-0.39, 0.29) is 0 Å². The Labute approximate surface area is 233 Å². The van der Waals surface area contributed by atoms with Crippen LogP contribution >= 0.6 is 15.9 Å². The second-order valence-corrected chi connectivity index (χ2v) is 9.88. The van der Waals surface area contributed by atoms with E-state index in [0.29, 0.717) is 18.0 Å². The fraction of sp³-hybridized carbons (Fsp3) is 0.0312. The number of hydrogen-bond acceptors (Lipinski definition) is 4. The average Bonchev–Trinajstić information content (AvgIpc) is 3.43. The molecule has 6 aromatic rings. The third-order valence-electron chi connectivity index (χ3n) is 6.29. The minimum absolute atomic E-state index is 0.423. The summed E-state index contributed by atoms with van der Waals surface area (Å²) in [6.45, 7) is 0.491. The van der Waals surface area contributed by atoms with Crippen molar-refractivity contribution in [3.05, 3.63) is 142 Å². The van der Waals surface area contributed by atoms with Gasteiger partial charge in [0.25, 0.3) is 0 Å². The Balaban J connectivity index is 1.39. The largest absolute Gasteiger partial charge is 0.489 e. The number of nitrogens with zero attached hydrogens (tertiary/aromatic N) is 3. The summed E-state index contributed by atoms with van der Waals surface area (Å²) < 4.78 is 8.76. The maximum atomic E-state index is 12.7. The fourth-order valence-corrected chi connectivity index (χ4v) is 4.58. The van der Waals surface area contributed by atoms with Crippen molar-refractivity contribution in [2.45, 2.75) is 6.61 Å². The Morgan fingerprint density at radius 3 is 2.18 bits per heavy atom. The SMILES string of the molecule is O=c1nc(-c2ccc(Br)cc2)cc(-c2cn(-c3ccccc3)nc2-c2ccc(OCc3ccccc3)cc2)[nH]1. The Kier molecular flexibility index (Phi) is 6.89. The molecule has 7 heteroatoms. The smallest absolute Gasteiger partial charge is 0.345 e. The van der Waals surface area contributed by atoms with E-state index in [9.17, 15) is 4.79 Å². The standard InChI is InChI=1S/C32H23BrN4O2/c33-25-15-11-23(12-16-25)29-19-30(35-32(38)34-29)28-20-37(26-9-5-2-6-10-26)36-31(28)24-13-17-27(18-14-24)39-21-22-7-3-1-4-8-22/h1-20H,21H2,(H,34,35,38). The van der Waals surface area contributed by atoms with Crippen LogP contribution < -0.4 is 10.4 Å². The molecule has 190 valence electrons. The first-order valence-electron chi connectivity index (χ1n) is 12.4. The van der Waals surface area contributed by atoms with Gasteiger partial charge in [0, 0.05) is 27.4 Å². The molecule has 0 bridgehead atoms. The van der Waals surface area contributed by atoms with Gasteiger partial charge in [0.1, 0.15) is 18.1 Å². The molecule has 0 saturated carbocycles. The zero-order valence-corrected chi connectivity index (χ0v) is 22.4. The van der Waals surface area contributed by atoms with E-state index in [2.05, 4.69) is 25.9 Å². The van der Waals surface area contributed by atoms with Gasteiger partial charge in [-0.1, -0.05) is 76.6 Å². The molecule has 0 unspecified atom stereocenters. The molecular weight excluding hydrogens is 552 g/mol. The van der Waals surface area contributed by atoms with Crippen LogP contribution in [-0.2, 0) is 6.61 Å². The molecule has 0 atom stereocenters. The summed E-state index contributed by atoms with van der Waals surface area (Å²) >= 11 is 3.46. The average molecular weight is 575 g/mol. The molecule has 0 radical (unpaired) electrons. The highest BCUT2D eigenvalue weighted by Crippen LogP contribution is 2.33. The van der Waals surface area contributed by atoms with Crippen molar-refractivity contribution < 1.29 is 4.74 Å². The van der Waals surface area contributed by atoms with Gasteiger partial charge in [0.2, 0.25) is 0 Å². The number of para-hydroxylation sites is 1. The monoisotopic (exact) mass is 574 g/mol. The Hall–Kier alpha value is -4.75. The molecular formula is C32H23BrN4O2. The summed E-state index contributed by atoms with van der Waals surface area (Å²) in [5.41, 5.74) is 6.09. The molecule has 0 saturated heterocycles. The van der Waals surface area contributed by atoms with E-state index in [1.54, 1.807) is 0 Å². The lowest BCUT2D eigenvalue weighted by molar-refractivity contribution is 0.306. The van der Waals surface area contributed by atoms with Gasteiger partial charge < -0.3 is 9.72 Å². The maximum absolute atomic E-state index is 12.7. The van der Waals surface area contributed by atoms with Gasteiger partial charge in [-0.25, -0.2) is 9.48 Å². The first-order chi connectivity index (χ1) is 19.1. The minimum Gasteiger partial charge on any atom is -0.489 e. The number of nitrogens with one attached hydrogen (secondary N) is 1. The lowest BCUT2D eigenvalue weighted by Crippen LogP contribution is -2.12. The number of rotatable bonds is 7. The van der Waals surface area contributed by atoms with Crippen molar-refractivity contribution in [1.82, 2.24) is 19.7 Å². The number of benzene rings is 4. The second-order valence-electron chi connectivity index (χ2n) is 8.96. The molecule has 4 aromatic carbocycles. The number of H-pyrrole nitrogens is 1. The second kappa shape index (κ2) is 10.9. The molecule has 1 N–H and O–H groups in total. The van der Waals surface area contributed by atoms with E-state index in [0.717, 1.165) is 43.9 Å². The lowest BCUT2D eigenvalue weighted by atomic mass is 10.0. The zero-order valence-electron chi connectivity index (χ0n) is 20.8. The zero-order chi connectivity index (χ0) is 26.6. The van der Waals surface area contributed by atoms with Crippen molar-refractivity contribution in [3.8, 4) is 45.2 Å². The number of halogens is 1. The number of aromatic amines is 1. The quantitative estimate of drug-likeness (QED) is 0.217. The third-order valence-corrected chi connectivity index (χ3v) is 6.81. The normalized spacial score (nSPS) is 10.9. The molecule has 6 nitrogen and oxygen atoms in total. The summed E-state index contributed by atoms with van der Waals surface area (Å²) in [6, 6.07) is 37.4. The molecule has 0 aliphatic heterocycles. The predicted octanol–water partition coefficient (Wildman–Crippen LogP) is 7.30. The van der Waals surface area contributed by atoms with Crippen molar-refractivity contribution in [2.75, 3.05) is 0 Å². The molecule has 39 heavy (non-hydrogen) atoms. The number of aromatic nitrogens is 4. The van der Waals surface area contributed by atoms with Crippen LogP contribution in [0.3, 0.4) is 0 Å². The van der Waals surface area contributed by atoms with Crippen LogP contribution in [0.15, 0.2) is 131 Å². The van der Waals surface area contributed by atoms with Gasteiger partial charge in [0.15, 0.2) is 0 Å². The van der Waals surface area contributed by atoms with Gasteiger partial charge in [-0.15, -0.1) is 0 Å². The first kappa shape index (κ1) is 24.6. The molecule has 6 rings (SSSR count). The summed E-state index contributed by atoms with van der Waals surface area (Å²) in [5, 5.41) is 4.92. The first-order valence-corrected chi connectivity index (χ1v) is 13.2. The molecule has 0 aliphatic carbocycles. The Morgan fingerprint density at radius 2 is 1.46 bits per heavy atom. The summed E-state index contributed by atoms with van der Waals surface area (Å²) in [5.74, 6) is 0.765. The highest BCUT2D eigenvalue weighted by atomic mass is 79.9. The lowest BCUT2D eigenvalue weighted by Gasteiger charge is -2.08. The van der Waals surface area contributed by atoms with E-state index >= 15 is 0 Å². The highest BCUT2D eigenvalue weighted by molar-refractivity contribution is 9.10. The van der Waals surface area contributed by atoms with Gasteiger partial charge in [0.05, 0.1) is 17.1 Å². The Morgan fingerprint density at radius 1 is 0.795 bits per heavy atom. The van der Waals surface area contributed by atoms with Gasteiger partial charge in [-0.3, -0.25) is 0 Å². The van der Waals surface area contributed by atoms with Gasteiger partial charge in [-0.2, -0.15) is 10.1 Å². The summed E-state index contributed by atoms with van der Waals surface area (Å²) in [7, 11) is 0. The van der Waals surface area contributed by atoms with Crippen LogP contribution in [0.25, 0.3) is 39.5 Å². The fourth-order valence-electron chi connectivity index (χ4n) is 4.32. The highest BCUT2D eigenvalue weighted by Gasteiger charge is 2.17. The van der Waals surface area contributed by atoms with Crippen LogP contribution in [0.1, 0.15) is 5.56 Å². The van der Waals surface area contributed by atoms with E-state index in [1.807, 2.05) is 126 Å². The third kappa shape index (κ3) is 5.58. The van der Waals surface area contributed by atoms with E-state index < -0.39 is 5.69 Å². The molecule has 0 fully saturated rings. The van der Waals surface area contributed by atoms with Crippen molar-refractivity contribution >= 4 is 15.9 Å². The molecule has 2 aromatic heterocycles. The van der Waals surface area contributed by atoms with E-state index in [1.165, 1.54) is 0 Å². The van der Waals surface area contributed by atoms with E-state index in [4.69, 9.17) is 9.84 Å². The van der Waals surface area contributed by atoms with Crippen LogP contribution in [0, 0.1) is 0 Å². The Bertz CT molecular complexity index is 1760.